The maximum atomic E-state index is 12.2. The molecule has 0 aliphatic carbocycles. The normalized spacial score (nSPS) is 11.5. The van der Waals surface area contributed by atoms with Crippen LogP contribution in [0.5, 0.6) is 0 Å². The number of benzene rings is 1. The number of sulfonamides is 1. The van der Waals surface area contributed by atoms with Crippen LogP contribution in [0, 0.1) is 6.92 Å². The molecule has 0 radical (unpaired) electrons. The van der Waals surface area contributed by atoms with E-state index in [2.05, 4.69) is 9.71 Å². The molecule has 0 bridgehead atoms. The zero-order valence-corrected chi connectivity index (χ0v) is 11.6. The van der Waals surface area contributed by atoms with E-state index in [0.29, 0.717) is 23.7 Å². The van der Waals surface area contributed by atoms with Crippen LogP contribution < -0.4 is 10.5 Å². The van der Waals surface area contributed by atoms with Gasteiger partial charge in [0.05, 0.1) is 5.69 Å². The summed E-state index contributed by atoms with van der Waals surface area (Å²) in [5.74, 6) is 0.662. The molecule has 1 aromatic heterocycles. The first kappa shape index (κ1) is 13.4. The Bertz CT molecular complexity index is 692. The molecule has 0 saturated heterocycles. The summed E-state index contributed by atoms with van der Waals surface area (Å²) in [5.41, 5.74) is 6.53. The van der Waals surface area contributed by atoms with Crippen molar-refractivity contribution in [2.75, 3.05) is 10.5 Å². The van der Waals surface area contributed by atoms with Gasteiger partial charge in [0.25, 0.3) is 10.0 Å². The fourth-order valence-electron chi connectivity index (χ4n) is 1.74. The van der Waals surface area contributed by atoms with Gasteiger partial charge < -0.3 is 10.3 Å². The van der Waals surface area contributed by atoms with Gasteiger partial charge >= 0.3 is 0 Å². The number of rotatable bonds is 4. The van der Waals surface area contributed by atoms with E-state index in [1.54, 1.807) is 35.8 Å². The molecule has 3 N–H and O–H groups in total. The van der Waals surface area contributed by atoms with Crippen molar-refractivity contribution in [2.24, 2.45) is 0 Å². The molecular weight excluding hydrogens is 264 g/mol. The molecule has 2 rings (SSSR count). The van der Waals surface area contributed by atoms with Crippen molar-refractivity contribution in [1.82, 2.24) is 9.55 Å². The molecule has 19 heavy (non-hydrogen) atoms. The number of hydrogen-bond donors (Lipinski definition) is 2. The minimum atomic E-state index is -3.68. The number of nitrogens with one attached hydrogen (secondary N) is 1. The number of aromatic nitrogens is 2. The molecule has 0 amide bonds. The number of imidazole rings is 1. The molecule has 0 saturated carbocycles. The van der Waals surface area contributed by atoms with E-state index < -0.39 is 10.0 Å². The molecule has 2 aromatic rings. The van der Waals surface area contributed by atoms with Gasteiger partial charge in [-0.2, -0.15) is 8.42 Å². The van der Waals surface area contributed by atoms with Gasteiger partial charge in [0.2, 0.25) is 0 Å². The van der Waals surface area contributed by atoms with Gasteiger partial charge in [-0.15, -0.1) is 0 Å². The summed E-state index contributed by atoms with van der Waals surface area (Å²) in [4.78, 5) is 4.05. The molecule has 102 valence electrons. The van der Waals surface area contributed by atoms with Crippen molar-refractivity contribution < 1.29 is 8.42 Å². The molecule has 0 aliphatic rings. The summed E-state index contributed by atoms with van der Waals surface area (Å²) in [6.45, 7) is 4.37. The third-order valence-electron chi connectivity index (χ3n) is 2.71. The predicted molar refractivity (Wildman–Crippen MR) is 74.3 cm³/mol. The van der Waals surface area contributed by atoms with Crippen LogP contribution in [0.3, 0.4) is 0 Å². The van der Waals surface area contributed by atoms with Crippen LogP contribution in [0.4, 0.5) is 11.4 Å². The lowest BCUT2D eigenvalue weighted by Gasteiger charge is -2.06. The molecular formula is C12H16N4O2S. The van der Waals surface area contributed by atoms with E-state index in [1.165, 1.54) is 6.20 Å². The van der Waals surface area contributed by atoms with Crippen molar-refractivity contribution in [1.29, 1.82) is 0 Å². The zero-order valence-electron chi connectivity index (χ0n) is 10.8. The Balaban J connectivity index is 2.32. The molecule has 0 atom stereocenters. The third-order valence-corrected chi connectivity index (χ3v) is 3.96. The number of nitrogens with zero attached hydrogens (tertiary/aromatic N) is 2. The molecule has 6 nitrogen and oxygen atoms in total. The van der Waals surface area contributed by atoms with Gasteiger partial charge in [0, 0.05) is 18.4 Å². The fraction of sp³-hybridized carbons (Fsp3) is 0.250. The van der Waals surface area contributed by atoms with E-state index in [9.17, 15) is 8.42 Å². The second-order valence-corrected chi connectivity index (χ2v) is 5.77. The molecule has 7 heteroatoms. The maximum Gasteiger partial charge on any atom is 0.280 e. The maximum absolute atomic E-state index is 12.2. The van der Waals surface area contributed by atoms with Gasteiger partial charge in [0.15, 0.2) is 5.03 Å². The van der Waals surface area contributed by atoms with Crippen molar-refractivity contribution >= 4 is 21.4 Å². The SMILES string of the molecule is CCn1cc(S(=O)(=O)Nc2cccc(N)c2)nc1C. The van der Waals surface area contributed by atoms with Crippen LogP contribution in [-0.4, -0.2) is 18.0 Å². The zero-order chi connectivity index (χ0) is 14.0. The topological polar surface area (TPSA) is 90.0 Å². The average Bonchev–Trinajstić information content (AvgIpc) is 2.71. The molecule has 0 unspecified atom stereocenters. The van der Waals surface area contributed by atoms with Crippen LogP contribution in [0.15, 0.2) is 35.5 Å². The highest BCUT2D eigenvalue weighted by Crippen LogP contribution is 2.17. The second kappa shape index (κ2) is 4.93. The standard InChI is InChI=1S/C12H16N4O2S/c1-3-16-8-12(14-9(16)2)19(17,18)15-11-6-4-5-10(13)7-11/h4-8,15H,3,13H2,1-2H3. The Labute approximate surface area is 112 Å². The van der Waals surface area contributed by atoms with Gasteiger partial charge in [0.1, 0.15) is 5.82 Å². The van der Waals surface area contributed by atoms with Gasteiger partial charge in [-0.25, -0.2) is 4.98 Å². The van der Waals surface area contributed by atoms with Crippen LogP contribution in [0.2, 0.25) is 0 Å². The number of nitrogen functional groups attached to an aromatic ring is 1. The molecule has 1 aromatic carbocycles. The highest BCUT2D eigenvalue weighted by atomic mass is 32.2. The van der Waals surface area contributed by atoms with Crippen molar-refractivity contribution in [3.63, 3.8) is 0 Å². The lowest BCUT2D eigenvalue weighted by Crippen LogP contribution is -2.13. The molecule has 0 fully saturated rings. The smallest absolute Gasteiger partial charge is 0.280 e. The highest BCUT2D eigenvalue weighted by molar-refractivity contribution is 7.92. The van der Waals surface area contributed by atoms with Crippen LogP contribution in [0.1, 0.15) is 12.7 Å². The Hall–Kier alpha value is -2.02. The second-order valence-electron chi connectivity index (χ2n) is 4.14. The Kier molecular flexibility index (Phi) is 3.48. The first-order chi connectivity index (χ1) is 8.92. The Morgan fingerprint density at radius 2 is 2.16 bits per heavy atom. The number of hydrogen-bond acceptors (Lipinski definition) is 4. The lowest BCUT2D eigenvalue weighted by atomic mass is 10.3. The van der Waals surface area contributed by atoms with Gasteiger partial charge in [-0.05, 0) is 32.0 Å². The van der Waals surface area contributed by atoms with Crippen molar-refractivity contribution in [3.8, 4) is 0 Å². The quantitative estimate of drug-likeness (QED) is 0.832. The Morgan fingerprint density at radius 3 is 2.74 bits per heavy atom. The molecule has 1 heterocycles. The molecule has 0 aliphatic heterocycles. The summed E-state index contributed by atoms with van der Waals surface area (Å²) in [6, 6.07) is 6.57. The first-order valence-electron chi connectivity index (χ1n) is 5.84. The summed E-state index contributed by atoms with van der Waals surface area (Å²) < 4.78 is 28.6. The number of nitrogens with two attached hydrogens (primary N) is 1. The van der Waals surface area contributed by atoms with E-state index in [-0.39, 0.29) is 5.03 Å². The van der Waals surface area contributed by atoms with E-state index in [4.69, 9.17) is 5.73 Å². The number of aryl methyl sites for hydroxylation is 2. The fourth-order valence-corrected chi connectivity index (χ4v) is 2.80. The van der Waals surface area contributed by atoms with Crippen LogP contribution in [0.25, 0.3) is 0 Å². The van der Waals surface area contributed by atoms with Crippen LogP contribution in [-0.2, 0) is 16.6 Å². The average molecular weight is 280 g/mol. The minimum Gasteiger partial charge on any atom is -0.399 e. The monoisotopic (exact) mass is 280 g/mol. The third kappa shape index (κ3) is 2.87. The number of anilines is 2. The van der Waals surface area contributed by atoms with Gasteiger partial charge in [-0.3, -0.25) is 4.72 Å². The highest BCUT2D eigenvalue weighted by Gasteiger charge is 2.19. The van der Waals surface area contributed by atoms with Crippen molar-refractivity contribution in [3.05, 3.63) is 36.3 Å². The minimum absolute atomic E-state index is 0.00859. The lowest BCUT2D eigenvalue weighted by molar-refractivity contribution is 0.598. The summed E-state index contributed by atoms with van der Waals surface area (Å²) in [5, 5.41) is 0.00859. The van der Waals surface area contributed by atoms with E-state index >= 15 is 0 Å². The summed E-state index contributed by atoms with van der Waals surface area (Å²) >= 11 is 0. The Morgan fingerprint density at radius 1 is 1.42 bits per heavy atom. The molecule has 0 spiro atoms. The predicted octanol–water partition coefficient (Wildman–Crippen LogP) is 1.59. The van der Waals surface area contributed by atoms with Crippen LogP contribution >= 0.6 is 0 Å². The largest absolute Gasteiger partial charge is 0.399 e. The van der Waals surface area contributed by atoms with Crippen molar-refractivity contribution in [2.45, 2.75) is 25.4 Å². The summed E-state index contributed by atoms with van der Waals surface area (Å²) in [6.07, 6.45) is 1.52. The van der Waals surface area contributed by atoms with E-state index in [1.807, 2.05) is 6.92 Å². The van der Waals surface area contributed by atoms with Gasteiger partial charge in [-0.1, -0.05) is 6.07 Å². The van der Waals surface area contributed by atoms with E-state index in [0.717, 1.165) is 0 Å². The first-order valence-corrected chi connectivity index (χ1v) is 7.33. The summed E-state index contributed by atoms with van der Waals surface area (Å²) in [7, 11) is -3.68.